The molecule has 0 saturated heterocycles. The van der Waals surface area contributed by atoms with Gasteiger partial charge in [-0.2, -0.15) is 0 Å². The summed E-state index contributed by atoms with van der Waals surface area (Å²) in [6.07, 6.45) is 0. The van der Waals surface area contributed by atoms with Gasteiger partial charge in [0.25, 0.3) is 0 Å². The van der Waals surface area contributed by atoms with E-state index in [1.807, 2.05) is 12.1 Å². The third-order valence-electron chi connectivity index (χ3n) is 2.62. The smallest absolute Gasteiger partial charge is 0.339 e. The van der Waals surface area contributed by atoms with Crippen molar-refractivity contribution in [2.75, 3.05) is 7.11 Å². The highest BCUT2D eigenvalue weighted by Gasteiger charge is 2.13. The van der Waals surface area contributed by atoms with E-state index < -0.39 is 5.97 Å². The van der Waals surface area contributed by atoms with Gasteiger partial charge in [-0.3, -0.25) is 0 Å². The Hall–Kier alpha value is -2.43. The van der Waals surface area contributed by atoms with Crippen molar-refractivity contribution < 1.29 is 23.8 Å². The third-order valence-corrected chi connectivity index (χ3v) is 2.62. The Morgan fingerprint density at radius 2 is 2.05 bits per heavy atom. The van der Waals surface area contributed by atoms with E-state index in [0.29, 0.717) is 23.0 Å². The summed E-state index contributed by atoms with van der Waals surface area (Å²) in [5.41, 5.74) is 0.157. The summed E-state index contributed by atoms with van der Waals surface area (Å²) in [4.78, 5) is 10.9. The van der Waals surface area contributed by atoms with E-state index in [2.05, 4.69) is 0 Å². The largest absolute Gasteiger partial charge is 0.497 e. The zero-order chi connectivity index (χ0) is 13.8. The molecule has 0 atom stereocenters. The molecule has 100 valence electrons. The van der Waals surface area contributed by atoms with Crippen LogP contribution in [0.2, 0.25) is 0 Å². The molecule has 0 aliphatic rings. The molecule has 0 radical (unpaired) electrons. The number of hydrogen-bond acceptors (Lipinski definition) is 4. The molecule has 0 amide bonds. The number of ether oxygens (including phenoxy) is 2. The molecule has 0 aliphatic carbocycles. The predicted octanol–water partition coefficient (Wildman–Crippen LogP) is 2.87. The summed E-state index contributed by atoms with van der Waals surface area (Å²) < 4.78 is 15.9. The molecule has 1 aromatic carbocycles. The van der Waals surface area contributed by atoms with Gasteiger partial charge in [0.2, 0.25) is 0 Å². The lowest BCUT2D eigenvalue weighted by Gasteiger charge is -2.05. The van der Waals surface area contributed by atoms with Crippen molar-refractivity contribution in [3.05, 3.63) is 47.4 Å². The third kappa shape index (κ3) is 3.07. The van der Waals surface area contributed by atoms with Crippen molar-refractivity contribution in [2.24, 2.45) is 0 Å². The number of benzene rings is 1. The lowest BCUT2D eigenvalue weighted by molar-refractivity contribution is 0.0695. The van der Waals surface area contributed by atoms with Crippen LogP contribution in [-0.4, -0.2) is 18.2 Å². The molecule has 0 bridgehead atoms. The standard InChI is InChI=1S/C14H14O5/c1-9-13(14(15)16)7-12(19-9)8-18-11-5-3-4-10(6-11)17-2/h3-7H,8H2,1-2H3,(H,15,16). The molecular weight excluding hydrogens is 248 g/mol. The van der Waals surface area contributed by atoms with Gasteiger partial charge in [-0.1, -0.05) is 6.07 Å². The number of methoxy groups -OCH3 is 1. The minimum Gasteiger partial charge on any atom is -0.497 e. The maximum atomic E-state index is 10.9. The monoisotopic (exact) mass is 262 g/mol. The highest BCUT2D eigenvalue weighted by molar-refractivity contribution is 5.88. The van der Waals surface area contributed by atoms with Crippen LogP contribution in [0.1, 0.15) is 21.9 Å². The van der Waals surface area contributed by atoms with Crippen molar-refractivity contribution in [1.82, 2.24) is 0 Å². The van der Waals surface area contributed by atoms with E-state index >= 15 is 0 Å². The average molecular weight is 262 g/mol. The van der Waals surface area contributed by atoms with Crippen molar-refractivity contribution in [1.29, 1.82) is 0 Å². The SMILES string of the molecule is COc1cccc(OCc2cc(C(=O)O)c(C)o2)c1. The molecule has 2 rings (SSSR count). The van der Waals surface area contributed by atoms with Crippen LogP contribution in [-0.2, 0) is 6.61 Å². The van der Waals surface area contributed by atoms with E-state index in [1.54, 1.807) is 26.2 Å². The van der Waals surface area contributed by atoms with Gasteiger partial charge in [0.1, 0.15) is 35.2 Å². The van der Waals surface area contributed by atoms with Gasteiger partial charge in [-0.05, 0) is 25.1 Å². The van der Waals surface area contributed by atoms with Gasteiger partial charge in [-0.15, -0.1) is 0 Å². The van der Waals surface area contributed by atoms with Gasteiger partial charge in [0.15, 0.2) is 0 Å². The lowest BCUT2D eigenvalue weighted by Crippen LogP contribution is -1.96. The molecule has 1 N–H and O–H groups in total. The number of rotatable bonds is 5. The molecule has 5 nitrogen and oxygen atoms in total. The van der Waals surface area contributed by atoms with Crippen molar-refractivity contribution in [3.8, 4) is 11.5 Å². The van der Waals surface area contributed by atoms with Gasteiger partial charge in [0, 0.05) is 6.07 Å². The average Bonchev–Trinajstić information content (AvgIpc) is 2.78. The Kier molecular flexibility index (Phi) is 3.75. The van der Waals surface area contributed by atoms with Crippen LogP contribution in [0.15, 0.2) is 34.7 Å². The van der Waals surface area contributed by atoms with Crippen LogP contribution >= 0.6 is 0 Å². The predicted molar refractivity (Wildman–Crippen MR) is 67.7 cm³/mol. The number of carboxylic acids is 1. The van der Waals surface area contributed by atoms with E-state index in [4.69, 9.17) is 19.0 Å². The summed E-state index contributed by atoms with van der Waals surface area (Å²) in [6.45, 7) is 1.78. The van der Waals surface area contributed by atoms with E-state index in [0.717, 1.165) is 0 Å². The molecule has 0 aliphatic heterocycles. The molecular formula is C14H14O5. The van der Waals surface area contributed by atoms with Gasteiger partial charge < -0.3 is 19.0 Å². The first-order valence-corrected chi connectivity index (χ1v) is 5.69. The zero-order valence-corrected chi connectivity index (χ0v) is 10.7. The Morgan fingerprint density at radius 1 is 1.32 bits per heavy atom. The second kappa shape index (κ2) is 5.48. The van der Waals surface area contributed by atoms with E-state index in [9.17, 15) is 4.79 Å². The number of aryl methyl sites for hydroxylation is 1. The fourth-order valence-electron chi connectivity index (χ4n) is 1.67. The second-order valence-electron chi connectivity index (χ2n) is 3.96. The first-order chi connectivity index (χ1) is 9.10. The number of furan rings is 1. The van der Waals surface area contributed by atoms with E-state index in [1.165, 1.54) is 6.07 Å². The molecule has 2 aromatic rings. The quantitative estimate of drug-likeness (QED) is 0.897. The minimum atomic E-state index is -1.01. The summed E-state index contributed by atoms with van der Waals surface area (Å²) in [5.74, 6) is 1.16. The van der Waals surface area contributed by atoms with Crippen molar-refractivity contribution in [3.63, 3.8) is 0 Å². The van der Waals surface area contributed by atoms with Crippen LogP contribution in [0.3, 0.4) is 0 Å². The minimum absolute atomic E-state index is 0.157. The number of aromatic carboxylic acids is 1. The summed E-state index contributed by atoms with van der Waals surface area (Å²) in [5, 5.41) is 8.92. The Balaban J connectivity index is 2.06. The first kappa shape index (κ1) is 13.0. The molecule has 1 heterocycles. The van der Waals surface area contributed by atoms with E-state index in [-0.39, 0.29) is 12.2 Å². The Labute approximate surface area is 110 Å². The Bertz CT molecular complexity index is 585. The zero-order valence-electron chi connectivity index (χ0n) is 10.7. The molecule has 0 unspecified atom stereocenters. The summed E-state index contributed by atoms with van der Waals surface area (Å²) >= 11 is 0. The molecule has 19 heavy (non-hydrogen) atoms. The highest BCUT2D eigenvalue weighted by Crippen LogP contribution is 2.21. The van der Waals surface area contributed by atoms with Crippen molar-refractivity contribution in [2.45, 2.75) is 13.5 Å². The fourth-order valence-corrected chi connectivity index (χ4v) is 1.67. The fraction of sp³-hybridized carbons (Fsp3) is 0.214. The second-order valence-corrected chi connectivity index (χ2v) is 3.96. The summed E-state index contributed by atoms with van der Waals surface area (Å²) in [6, 6.07) is 8.62. The van der Waals surface area contributed by atoms with Crippen LogP contribution in [0.5, 0.6) is 11.5 Å². The number of carboxylic acid groups (broad SMARTS) is 1. The molecule has 5 heteroatoms. The molecule has 0 saturated carbocycles. The van der Waals surface area contributed by atoms with Crippen LogP contribution in [0.25, 0.3) is 0 Å². The van der Waals surface area contributed by atoms with Crippen LogP contribution < -0.4 is 9.47 Å². The maximum absolute atomic E-state index is 10.9. The number of carbonyl (C=O) groups is 1. The van der Waals surface area contributed by atoms with Crippen LogP contribution in [0, 0.1) is 6.92 Å². The molecule has 0 fully saturated rings. The first-order valence-electron chi connectivity index (χ1n) is 5.69. The van der Waals surface area contributed by atoms with Crippen LogP contribution in [0.4, 0.5) is 0 Å². The maximum Gasteiger partial charge on any atom is 0.339 e. The highest BCUT2D eigenvalue weighted by atomic mass is 16.5. The topological polar surface area (TPSA) is 68.9 Å². The van der Waals surface area contributed by atoms with Crippen molar-refractivity contribution >= 4 is 5.97 Å². The van der Waals surface area contributed by atoms with Gasteiger partial charge in [0.05, 0.1) is 7.11 Å². The lowest BCUT2D eigenvalue weighted by atomic mass is 10.2. The normalized spacial score (nSPS) is 10.2. The molecule has 1 aromatic heterocycles. The van der Waals surface area contributed by atoms with Gasteiger partial charge >= 0.3 is 5.97 Å². The Morgan fingerprint density at radius 3 is 2.68 bits per heavy atom. The van der Waals surface area contributed by atoms with Gasteiger partial charge in [-0.25, -0.2) is 4.79 Å². The number of hydrogen-bond donors (Lipinski definition) is 1. The molecule has 0 spiro atoms. The summed E-state index contributed by atoms with van der Waals surface area (Å²) in [7, 11) is 1.58.